The van der Waals surface area contributed by atoms with Crippen molar-refractivity contribution in [3.63, 3.8) is 0 Å². The summed E-state index contributed by atoms with van der Waals surface area (Å²) in [6, 6.07) is 3.49. The van der Waals surface area contributed by atoms with Gasteiger partial charge in [0, 0.05) is 19.1 Å². The number of fused-ring (bicyclic) bond motifs is 1. The molecule has 19 heavy (non-hydrogen) atoms. The van der Waals surface area contributed by atoms with Gasteiger partial charge in [-0.3, -0.25) is 4.79 Å². The third-order valence-corrected chi connectivity index (χ3v) is 4.10. The van der Waals surface area contributed by atoms with Gasteiger partial charge in [0.15, 0.2) is 0 Å². The van der Waals surface area contributed by atoms with Gasteiger partial charge >= 0.3 is 0 Å². The first-order valence-electron chi connectivity index (χ1n) is 6.63. The predicted molar refractivity (Wildman–Crippen MR) is 66.8 cm³/mol. The molecular formula is C14H16F2N2O. The van der Waals surface area contributed by atoms with Crippen LogP contribution in [0.25, 0.3) is 0 Å². The van der Waals surface area contributed by atoms with Gasteiger partial charge in [0.2, 0.25) is 0 Å². The molecular weight excluding hydrogens is 250 g/mol. The van der Waals surface area contributed by atoms with Gasteiger partial charge < -0.3 is 10.2 Å². The summed E-state index contributed by atoms with van der Waals surface area (Å²) in [7, 11) is 0. The normalized spacial score (nSPS) is 26.3. The molecule has 2 unspecified atom stereocenters. The SMILES string of the molecule is O=C(c1cc(F)ccc1F)N1CCC2NCCC2C1. The maximum Gasteiger partial charge on any atom is 0.256 e. The second-order valence-electron chi connectivity index (χ2n) is 5.27. The minimum atomic E-state index is -0.655. The Balaban J connectivity index is 1.78. The number of benzene rings is 1. The largest absolute Gasteiger partial charge is 0.338 e. The number of halogens is 2. The molecule has 102 valence electrons. The summed E-state index contributed by atoms with van der Waals surface area (Å²) in [5, 5.41) is 3.41. The highest BCUT2D eigenvalue weighted by Crippen LogP contribution is 2.26. The van der Waals surface area contributed by atoms with Crippen molar-refractivity contribution in [1.82, 2.24) is 10.2 Å². The summed E-state index contributed by atoms with van der Waals surface area (Å²) in [5.41, 5.74) is -0.163. The van der Waals surface area contributed by atoms with Crippen LogP contribution in [0.2, 0.25) is 0 Å². The minimum absolute atomic E-state index is 0.163. The number of carbonyl (C=O) groups is 1. The lowest BCUT2D eigenvalue weighted by atomic mass is 9.93. The average molecular weight is 266 g/mol. The van der Waals surface area contributed by atoms with E-state index in [1.165, 1.54) is 0 Å². The van der Waals surface area contributed by atoms with Gasteiger partial charge in [-0.1, -0.05) is 0 Å². The summed E-state index contributed by atoms with van der Waals surface area (Å²) in [6.45, 7) is 2.21. The molecule has 2 aliphatic rings. The number of rotatable bonds is 1. The van der Waals surface area contributed by atoms with Crippen LogP contribution in [0.5, 0.6) is 0 Å². The van der Waals surface area contributed by atoms with Crippen LogP contribution in [-0.4, -0.2) is 36.5 Å². The van der Waals surface area contributed by atoms with Crippen molar-refractivity contribution in [3.8, 4) is 0 Å². The number of carbonyl (C=O) groups excluding carboxylic acids is 1. The Hall–Kier alpha value is -1.49. The third-order valence-electron chi connectivity index (χ3n) is 4.10. The Morgan fingerprint density at radius 2 is 2.16 bits per heavy atom. The number of piperidine rings is 1. The van der Waals surface area contributed by atoms with Crippen molar-refractivity contribution in [1.29, 1.82) is 0 Å². The molecule has 3 nitrogen and oxygen atoms in total. The molecule has 2 atom stereocenters. The Bertz CT molecular complexity index is 506. The van der Waals surface area contributed by atoms with Crippen molar-refractivity contribution >= 4 is 5.91 Å². The van der Waals surface area contributed by atoms with Gasteiger partial charge in [-0.2, -0.15) is 0 Å². The summed E-state index contributed by atoms with van der Waals surface area (Å²) in [5.74, 6) is -1.20. The van der Waals surface area contributed by atoms with Crippen LogP contribution < -0.4 is 5.32 Å². The van der Waals surface area contributed by atoms with Crippen LogP contribution in [0.3, 0.4) is 0 Å². The molecule has 0 saturated carbocycles. The zero-order valence-corrected chi connectivity index (χ0v) is 10.5. The first-order valence-corrected chi connectivity index (χ1v) is 6.63. The van der Waals surface area contributed by atoms with Crippen molar-refractivity contribution in [3.05, 3.63) is 35.4 Å². The summed E-state index contributed by atoms with van der Waals surface area (Å²) in [4.78, 5) is 13.9. The van der Waals surface area contributed by atoms with E-state index in [0.29, 0.717) is 25.0 Å². The van der Waals surface area contributed by atoms with Gasteiger partial charge in [-0.25, -0.2) is 8.78 Å². The van der Waals surface area contributed by atoms with E-state index in [2.05, 4.69) is 5.32 Å². The summed E-state index contributed by atoms with van der Waals surface area (Å²) in [6.07, 6.45) is 1.92. The maximum absolute atomic E-state index is 13.6. The van der Waals surface area contributed by atoms with Gasteiger partial charge in [-0.05, 0) is 43.5 Å². The molecule has 0 spiro atoms. The monoisotopic (exact) mass is 266 g/mol. The standard InChI is InChI=1S/C14H16F2N2O/c15-10-1-2-12(16)11(7-10)14(19)18-6-4-13-9(8-18)3-5-17-13/h1-2,7,9,13,17H,3-6,8H2. The fourth-order valence-electron chi connectivity index (χ4n) is 3.06. The molecule has 2 aliphatic heterocycles. The first-order chi connectivity index (χ1) is 9.15. The Morgan fingerprint density at radius 1 is 1.32 bits per heavy atom. The quantitative estimate of drug-likeness (QED) is 0.840. The summed E-state index contributed by atoms with van der Waals surface area (Å²) >= 11 is 0. The molecule has 1 aromatic rings. The highest BCUT2D eigenvalue weighted by atomic mass is 19.1. The number of likely N-dealkylation sites (tertiary alicyclic amines) is 1. The van der Waals surface area contributed by atoms with E-state index in [1.807, 2.05) is 0 Å². The molecule has 1 amide bonds. The van der Waals surface area contributed by atoms with E-state index in [-0.39, 0.29) is 5.56 Å². The minimum Gasteiger partial charge on any atom is -0.338 e. The molecule has 2 fully saturated rings. The Morgan fingerprint density at radius 3 is 3.00 bits per heavy atom. The molecule has 0 aliphatic carbocycles. The van der Waals surface area contributed by atoms with E-state index < -0.39 is 17.5 Å². The van der Waals surface area contributed by atoms with Gasteiger partial charge in [0.1, 0.15) is 11.6 Å². The molecule has 5 heteroatoms. The fourth-order valence-corrected chi connectivity index (χ4v) is 3.06. The topological polar surface area (TPSA) is 32.3 Å². The van der Waals surface area contributed by atoms with Crippen molar-refractivity contribution in [2.75, 3.05) is 19.6 Å². The first kappa shape index (κ1) is 12.5. The lowest BCUT2D eigenvalue weighted by molar-refractivity contribution is 0.0657. The third kappa shape index (κ3) is 2.34. The molecule has 1 aromatic carbocycles. The van der Waals surface area contributed by atoms with E-state index in [9.17, 15) is 13.6 Å². The molecule has 0 aromatic heterocycles. The van der Waals surface area contributed by atoms with E-state index in [1.54, 1.807) is 4.90 Å². The number of nitrogens with zero attached hydrogens (tertiary/aromatic N) is 1. The van der Waals surface area contributed by atoms with Gasteiger partial charge in [-0.15, -0.1) is 0 Å². The van der Waals surface area contributed by atoms with Crippen LogP contribution in [0.15, 0.2) is 18.2 Å². The zero-order valence-electron chi connectivity index (χ0n) is 10.5. The maximum atomic E-state index is 13.6. The predicted octanol–water partition coefficient (Wildman–Crippen LogP) is 1.79. The van der Waals surface area contributed by atoms with Crippen LogP contribution in [0.1, 0.15) is 23.2 Å². The molecule has 2 heterocycles. The highest BCUT2D eigenvalue weighted by molar-refractivity contribution is 5.94. The highest BCUT2D eigenvalue weighted by Gasteiger charge is 2.35. The van der Waals surface area contributed by atoms with Crippen LogP contribution in [0, 0.1) is 17.6 Å². The zero-order chi connectivity index (χ0) is 13.4. The lowest BCUT2D eigenvalue weighted by Gasteiger charge is -2.35. The van der Waals surface area contributed by atoms with Crippen molar-refractivity contribution in [2.24, 2.45) is 5.92 Å². The number of amides is 1. The average Bonchev–Trinajstić information content (AvgIpc) is 2.88. The van der Waals surface area contributed by atoms with E-state index in [4.69, 9.17) is 0 Å². The van der Waals surface area contributed by atoms with Crippen LogP contribution >= 0.6 is 0 Å². The van der Waals surface area contributed by atoms with Crippen LogP contribution in [0.4, 0.5) is 8.78 Å². The summed E-state index contributed by atoms with van der Waals surface area (Å²) < 4.78 is 26.8. The molecule has 0 radical (unpaired) electrons. The molecule has 0 bridgehead atoms. The molecule has 3 rings (SSSR count). The Kier molecular flexibility index (Phi) is 3.22. The number of nitrogens with one attached hydrogen (secondary N) is 1. The van der Waals surface area contributed by atoms with Gasteiger partial charge in [0.25, 0.3) is 5.91 Å². The lowest BCUT2D eigenvalue weighted by Crippen LogP contribution is -2.47. The van der Waals surface area contributed by atoms with Crippen molar-refractivity contribution in [2.45, 2.75) is 18.9 Å². The Labute approximate surface area is 110 Å². The van der Waals surface area contributed by atoms with E-state index >= 15 is 0 Å². The number of hydrogen-bond donors (Lipinski definition) is 1. The molecule has 2 saturated heterocycles. The second-order valence-corrected chi connectivity index (χ2v) is 5.27. The van der Waals surface area contributed by atoms with Crippen LogP contribution in [-0.2, 0) is 0 Å². The number of hydrogen-bond acceptors (Lipinski definition) is 2. The van der Waals surface area contributed by atoms with Crippen molar-refractivity contribution < 1.29 is 13.6 Å². The molecule has 1 N–H and O–H groups in total. The van der Waals surface area contributed by atoms with Gasteiger partial charge in [0.05, 0.1) is 5.56 Å². The van der Waals surface area contributed by atoms with E-state index in [0.717, 1.165) is 37.6 Å². The smallest absolute Gasteiger partial charge is 0.256 e. The second kappa shape index (κ2) is 4.89. The fraction of sp³-hybridized carbons (Fsp3) is 0.500.